The number of hydrogen-bond acceptors (Lipinski definition) is 3. The fourth-order valence-corrected chi connectivity index (χ4v) is 4.14. The van der Waals surface area contributed by atoms with Crippen LogP contribution in [-0.2, 0) is 13.0 Å². The molecule has 1 heterocycles. The number of hydrogen-bond donors (Lipinski definition) is 2. The molecule has 1 unspecified atom stereocenters. The summed E-state index contributed by atoms with van der Waals surface area (Å²) in [5, 5.41) is 21.6. The zero-order valence-corrected chi connectivity index (χ0v) is 18.9. The Bertz CT molecular complexity index is 1030. The van der Waals surface area contributed by atoms with Gasteiger partial charge in [-0.25, -0.2) is 8.78 Å². The fraction of sp³-hybridized carbons (Fsp3) is 0.370. The molecule has 2 N–H and O–H groups in total. The first kappa shape index (κ1) is 24.0. The highest BCUT2D eigenvalue weighted by atomic mass is 19.1. The molecule has 1 aromatic heterocycles. The van der Waals surface area contributed by atoms with Gasteiger partial charge in [-0.3, -0.25) is 4.98 Å². The van der Waals surface area contributed by atoms with Crippen LogP contribution >= 0.6 is 0 Å². The summed E-state index contributed by atoms with van der Waals surface area (Å²) in [7, 11) is 0. The number of rotatable bonds is 9. The van der Waals surface area contributed by atoms with E-state index in [2.05, 4.69) is 6.92 Å². The van der Waals surface area contributed by atoms with Crippen molar-refractivity contribution in [1.29, 1.82) is 0 Å². The van der Waals surface area contributed by atoms with Crippen molar-refractivity contribution in [3.05, 3.63) is 88.2 Å². The van der Waals surface area contributed by atoms with Crippen molar-refractivity contribution in [3.63, 3.8) is 0 Å². The summed E-state index contributed by atoms with van der Waals surface area (Å²) >= 11 is 0. The molecule has 0 fully saturated rings. The number of pyridine rings is 1. The average Bonchev–Trinajstić information content (AvgIpc) is 2.79. The summed E-state index contributed by atoms with van der Waals surface area (Å²) in [4.78, 5) is 4.85. The molecule has 1 atom stereocenters. The van der Waals surface area contributed by atoms with Crippen LogP contribution in [0.3, 0.4) is 0 Å². The monoisotopic (exact) mass is 439 g/mol. The molecular formula is C27H31F2NO2. The molecule has 0 aliphatic carbocycles. The van der Waals surface area contributed by atoms with Crippen LogP contribution in [0, 0.1) is 11.6 Å². The molecule has 0 radical (unpaired) electrons. The Balaban J connectivity index is 2.30. The predicted octanol–water partition coefficient (Wildman–Crippen LogP) is 6.46. The first-order valence-electron chi connectivity index (χ1n) is 11.2. The number of halogens is 2. The Labute approximate surface area is 188 Å². The van der Waals surface area contributed by atoms with Crippen molar-refractivity contribution >= 4 is 0 Å². The number of nitrogens with zero attached hydrogens (tertiary/aromatic N) is 1. The molecule has 0 aliphatic heterocycles. The first-order chi connectivity index (χ1) is 15.4. The average molecular weight is 440 g/mol. The lowest BCUT2D eigenvalue weighted by Gasteiger charge is -2.25. The summed E-state index contributed by atoms with van der Waals surface area (Å²) in [6, 6.07) is 12.0. The molecule has 3 rings (SSSR count). The van der Waals surface area contributed by atoms with Gasteiger partial charge in [-0.15, -0.1) is 0 Å². The maximum atomic E-state index is 13.7. The Kier molecular flexibility index (Phi) is 8.10. The molecule has 5 heteroatoms. The summed E-state index contributed by atoms with van der Waals surface area (Å²) < 4.78 is 27.1. The van der Waals surface area contributed by atoms with Crippen LogP contribution < -0.4 is 0 Å². The Morgan fingerprint density at radius 3 is 1.97 bits per heavy atom. The first-order valence-corrected chi connectivity index (χ1v) is 11.2. The van der Waals surface area contributed by atoms with E-state index in [1.54, 1.807) is 24.3 Å². The molecule has 0 bridgehead atoms. The van der Waals surface area contributed by atoms with Crippen LogP contribution in [0.15, 0.2) is 48.5 Å². The van der Waals surface area contributed by atoms with Crippen LogP contribution in [-0.4, -0.2) is 15.2 Å². The lowest BCUT2D eigenvalue weighted by Crippen LogP contribution is -2.15. The van der Waals surface area contributed by atoms with Gasteiger partial charge in [0.25, 0.3) is 0 Å². The van der Waals surface area contributed by atoms with E-state index in [0.717, 1.165) is 36.0 Å². The summed E-state index contributed by atoms with van der Waals surface area (Å²) in [6.07, 6.45) is 2.55. The topological polar surface area (TPSA) is 53.4 Å². The van der Waals surface area contributed by atoms with Gasteiger partial charge in [0.05, 0.1) is 12.3 Å². The van der Waals surface area contributed by atoms with E-state index in [0.29, 0.717) is 28.9 Å². The number of benzene rings is 2. The van der Waals surface area contributed by atoms with Gasteiger partial charge < -0.3 is 10.2 Å². The second kappa shape index (κ2) is 10.8. The molecule has 3 aromatic rings. The van der Waals surface area contributed by atoms with E-state index in [-0.39, 0.29) is 24.2 Å². The normalized spacial score (nSPS) is 12.4. The van der Waals surface area contributed by atoms with E-state index < -0.39 is 6.10 Å². The zero-order chi connectivity index (χ0) is 23.3. The van der Waals surface area contributed by atoms with Crippen LogP contribution in [0.5, 0.6) is 0 Å². The highest BCUT2D eigenvalue weighted by molar-refractivity contribution is 5.73. The SMILES string of the molecule is CCCCCc1c(C(O)c2ccc(F)cc2)nc(C(C)C)c(CO)c1-c1ccc(F)cc1. The highest BCUT2D eigenvalue weighted by Gasteiger charge is 2.26. The predicted molar refractivity (Wildman–Crippen MR) is 123 cm³/mol. The number of unbranched alkanes of at least 4 members (excludes halogenated alkanes) is 2. The third kappa shape index (κ3) is 5.22. The molecule has 0 saturated carbocycles. The van der Waals surface area contributed by atoms with Crippen LogP contribution in [0.2, 0.25) is 0 Å². The van der Waals surface area contributed by atoms with E-state index in [1.807, 2.05) is 13.8 Å². The fourth-order valence-electron chi connectivity index (χ4n) is 4.14. The summed E-state index contributed by atoms with van der Waals surface area (Å²) in [6.45, 7) is 5.89. The van der Waals surface area contributed by atoms with E-state index in [1.165, 1.54) is 24.3 Å². The van der Waals surface area contributed by atoms with Gasteiger partial charge in [-0.1, -0.05) is 57.9 Å². The van der Waals surface area contributed by atoms with Gasteiger partial charge in [0.2, 0.25) is 0 Å². The minimum atomic E-state index is -1.04. The third-order valence-corrected chi connectivity index (χ3v) is 5.78. The minimum Gasteiger partial charge on any atom is -0.392 e. The van der Waals surface area contributed by atoms with E-state index >= 15 is 0 Å². The third-order valence-electron chi connectivity index (χ3n) is 5.78. The van der Waals surface area contributed by atoms with Crippen molar-refractivity contribution in [2.24, 2.45) is 0 Å². The smallest absolute Gasteiger partial charge is 0.123 e. The van der Waals surface area contributed by atoms with Crippen molar-refractivity contribution < 1.29 is 19.0 Å². The number of aliphatic hydroxyl groups excluding tert-OH is 2. The van der Waals surface area contributed by atoms with Gasteiger partial charge in [0.15, 0.2) is 0 Å². The minimum absolute atomic E-state index is 0.000193. The second-order valence-electron chi connectivity index (χ2n) is 8.45. The molecular weight excluding hydrogens is 408 g/mol. The standard InChI is InChI=1S/C27H31F2NO2/c1-4-5-6-7-22-24(18-8-12-20(28)13-9-18)23(16-31)25(17(2)3)30-26(22)27(32)19-10-14-21(29)15-11-19/h8-15,17,27,31-32H,4-7,16H2,1-3H3. The van der Waals surface area contributed by atoms with Crippen LogP contribution in [0.25, 0.3) is 11.1 Å². The zero-order valence-electron chi connectivity index (χ0n) is 18.9. The quantitative estimate of drug-likeness (QED) is 0.376. The molecule has 0 spiro atoms. The van der Waals surface area contributed by atoms with Crippen molar-refractivity contribution in [3.8, 4) is 11.1 Å². The van der Waals surface area contributed by atoms with Gasteiger partial charge in [0, 0.05) is 11.3 Å². The summed E-state index contributed by atoms with van der Waals surface area (Å²) in [5.74, 6) is -0.709. The lowest BCUT2D eigenvalue weighted by molar-refractivity contribution is 0.213. The Morgan fingerprint density at radius 1 is 0.844 bits per heavy atom. The Morgan fingerprint density at radius 2 is 1.44 bits per heavy atom. The molecule has 0 amide bonds. The van der Waals surface area contributed by atoms with Crippen LogP contribution in [0.1, 0.15) is 80.1 Å². The van der Waals surface area contributed by atoms with Crippen molar-refractivity contribution in [2.45, 2.75) is 65.1 Å². The summed E-state index contributed by atoms with van der Waals surface area (Å²) in [5.41, 5.74) is 4.88. The molecule has 3 nitrogen and oxygen atoms in total. The van der Waals surface area contributed by atoms with Crippen molar-refractivity contribution in [1.82, 2.24) is 4.98 Å². The molecule has 0 aliphatic rings. The molecule has 2 aromatic carbocycles. The van der Waals surface area contributed by atoms with Gasteiger partial charge in [-0.05, 0) is 65.3 Å². The maximum Gasteiger partial charge on any atom is 0.123 e. The van der Waals surface area contributed by atoms with Crippen LogP contribution in [0.4, 0.5) is 8.78 Å². The van der Waals surface area contributed by atoms with Gasteiger partial charge in [-0.2, -0.15) is 0 Å². The number of aliphatic hydroxyl groups is 2. The largest absolute Gasteiger partial charge is 0.392 e. The Hall–Kier alpha value is -2.63. The lowest BCUT2D eigenvalue weighted by atomic mass is 9.85. The number of aromatic nitrogens is 1. The van der Waals surface area contributed by atoms with E-state index in [9.17, 15) is 19.0 Å². The molecule has 32 heavy (non-hydrogen) atoms. The highest BCUT2D eigenvalue weighted by Crippen LogP contribution is 2.38. The molecule has 0 saturated heterocycles. The molecule has 170 valence electrons. The van der Waals surface area contributed by atoms with E-state index in [4.69, 9.17) is 4.98 Å². The maximum absolute atomic E-state index is 13.7. The van der Waals surface area contributed by atoms with Gasteiger partial charge in [0.1, 0.15) is 17.7 Å². The van der Waals surface area contributed by atoms with Crippen molar-refractivity contribution in [2.75, 3.05) is 0 Å². The van der Waals surface area contributed by atoms with Gasteiger partial charge >= 0.3 is 0 Å². The second-order valence-corrected chi connectivity index (χ2v) is 8.45.